The van der Waals surface area contributed by atoms with Crippen LogP contribution in [0.2, 0.25) is 0 Å². The Morgan fingerprint density at radius 1 is 1.32 bits per heavy atom. The number of hydrogen-bond donors (Lipinski definition) is 1. The summed E-state index contributed by atoms with van der Waals surface area (Å²) in [5.41, 5.74) is 3.99. The number of piperidine rings is 1. The first-order valence-electron chi connectivity index (χ1n) is 8.91. The molecule has 3 heteroatoms. The van der Waals surface area contributed by atoms with E-state index in [4.69, 9.17) is 0 Å². The van der Waals surface area contributed by atoms with Crippen molar-refractivity contribution in [3.63, 3.8) is 0 Å². The average Bonchev–Trinajstić information content (AvgIpc) is 2.97. The maximum Gasteiger partial charge on any atom is 0.226 e. The lowest BCUT2D eigenvalue weighted by Gasteiger charge is -2.23. The van der Waals surface area contributed by atoms with E-state index in [0.717, 1.165) is 50.5 Å². The van der Waals surface area contributed by atoms with E-state index in [1.54, 1.807) is 0 Å². The highest BCUT2D eigenvalue weighted by molar-refractivity contribution is 5.95. The first kappa shape index (κ1) is 15.5. The van der Waals surface area contributed by atoms with Crippen LogP contribution in [-0.4, -0.2) is 25.5 Å². The summed E-state index contributed by atoms with van der Waals surface area (Å²) in [6.45, 7) is 5.33. The summed E-state index contributed by atoms with van der Waals surface area (Å²) in [5, 5.41) is 3.43. The van der Waals surface area contributed by atoms with Crippen LogP contribution < -0.4 is 10.2 Å². The molecule has 3 rings (SSSR count). The van der Waals surface area contributed by atoms with Crippen LogP contribution >= 0.6 is 0 Å². The zero-order chi connectivity index (χ0) is 15.4. The normalized spacial score (nSPS) is 18.5. The van der Waals surface area contributed by atoms with Crippen molar-refractivity contribution in [2.24, 2.45) is 5.92 Å². The lowest BCUT2D eigenvalue weighted by atomic mass is 9.90. The average molecular weight is 300 g/mol. The summed E-state index contributed by atoms with van der Waals surface area (Å²) < 4.78 is 0. The van der Waals surface area contributed by atoms with E-state index in [1.165, 1.54) is 30.4 Å². The van der Waals surface area contributed by atoms with Gasteiger partial charge in [0.1, 0.15) is 0 Å². The highest BCUT2D eigenvalue weighted by atomic mass is 16.2. The molecule has 0 saturated carbocycles. The van der Waals surface area contributed by atoms with Gasteiger partial charge >= 0.3 is 0 Å². The van der Waals surface area contributed by atoms with Crippen molar-refractivity contribution in [1.82, 2.24) is 5.32 Å². The van der Waals surface area contributed by atoms with E-state index in [0.29, 0.717) is 12.3 Å². The molecule has 3 nitrogen and oxygen atoms in total. The molecule has 1 fully saturated rings. The third-order valence-corrected chi connectivity index (χ3v) is 5.07. The highest BCUT2D eigenvalue weighted by Crippen LogP contribution is 2.31. The van der Waals surface area contributed by atoms with Crippen molar-refractivity contribution in [3.8, 4) is 0 Å². The third kappa shape index (κ3) is 3.52. The van der Waals surface area contributed by atoms with Gasteiger partial charge in [0.15, 0.2) is 0 Å². The van der Waals surface area contributed by atoms with Gasteiger partial charge in [0.25, 0.3) is 0 Å². The van der Waals surface area contributed by atoms with Crippen molar-refractivity contribution in [2.75, 3.05) is 24.5 Å². The zero-order valence-corrected chi connectivity index (χ0v) is 13.7. The molecule has 0 atom stereocenters. The Morgan fingerprint density at radius 2 is 2.14 bits per heavy atom. The molecule has 22 heavy (non-hydrogen) atoms. The van der Waals surface area contributed by atoms with Gasteiger partial charge in [-0.2, -0.15) is 0 Å². The minimum atomic E-state index is 0.298. The standard InChI is InChI=1S/C19H28N2O/c1-2-3-4-19(22)21-12-9-17-14-16(5-6-18(17)21)13-15-7-10-20-11-8-15/h5-6,14-15,20H,2-4,7-13H2,1H3. The lowest BCUT2D eigenvalue weighted by molar-refractivity contribution is -0.118. The van der Waals surface area contributed by atoms with Gasteiger partial charge in [-0.1, -0.05) is 25.5 Å². The summed E-state index contributed by atoms with van der Waals surface area (Å²) in [6.07, 6.45) is 7.57. The van der Waals surface area contributed by atoms with Crippen molar-refractivity contribution in [3.05, 3.63) is 29.3 Å². The molecule has 2 heterocycles. The summed E-state index contributed by atoms with van der Waals surface area (Å²) in [4.78, 5) is 14.3. The molecule has 1 N–H and O–H groups in total. The van der Waals surface area contributed by atoms with Crippen LogP contribution in [0.1, 0.15) is 50.2 Å². The number of anilines is 1. The molecular formula is C19H28N2O. The first-order valence-corrected chi connectivity index (χ1v) is 8.91. The van der Waals surface area contributed by atoms with Crippen LogP contribution in [0.15, 0.2) is 18.2 Å². The molecule has 1 aromatic rings. The van der Waals surface area contributed by atoms with Gasteiger partial charge in [-0.15, -0.1) is 0 Å². The highest BCUT2D eigenvalue weighted by Gasteiger charge is 2.24. The fourth-order valence-corrected chi connectivity index (χ4v) is 3.72. The number of hydrogen-bond acceptors (Lipinski definition) is 2. The summed E-state index contributed by atoms with van der Waals surface area (Å²) in [7, 11) is 0. The van der Waals surface area contributed by atoms with Crippen molar-refractivity contribution < 1.29 is 4.79 Å². The van der Waals surface area contributed by atoms with Crippen LogP contribution in [-0.2, 0) is 17.6 Å². The smallest absolute Gasteiger partial charge is 0.226 e. The molecule has 0 bridgehead atoms. The Bertz CT molecular complexity index is 520. The number of nitrogens with one attached hydrogen (secondary N) is 1. The maximum atomic E-state index is 12.3. The molecule has 1 saturated heterocycles. The number of nitrogens with zero attached hydrogens (tertiary/aromatic N) is 1. The molecule has 0 aliphatic carbocycles. The quantitative estimate of drug-likeness (QED) is 0.905. The molecule has 120 valence electrons. The van der Waals surface area contributed by atoms with E-state index in [2.05, 4.69) is 30.4 Å². The molecule has 2 aliphatic rings. The topological polar surface area (TPSA) is 32.3 Å². The third-order valence-electron chi connectivity index (χ3n) is 5.07. The molecular weight excluding hydrogens is 272 g/mol. The largest absolute Gasteiger partial charge is 0.317 e. The van der Waals surface area contributed by atoms with Crippen molar-refractivity contribution >= 4 is 11.6 Å². The van der Waals surface area contributed by atoms with E-state index in [1.807, 2.05) is 4.90 Å². The number of rotatable bonds is 5. The maximum absolute atomic E-state index is 12.3. The fourth-order valence-electron chi connectivity index (χ4n) is 3.72. The summed E-state index contributed by atoms with van der Waals surface area (Å²) in [5.74, 6) is 1.12. The first-order chi connectivity index (χ1) is 10.8. The van der Waals surface area contributed by atoms with Gasteiger partial charge in [-0.25, -0.2) is 0 Å². The van der Waals surface area contributed by atoms with Crippen LogP contribution in [0.5, 0.6) is 0 Å². The molecule has 0 unspecified atom stereocenters. The van der Waals surface area contributed by atoms with Gasteiger partial charge in [0, 0.05) is 18.7 Å². The minimum Gasteiger partial charge on any atom is -0.317 e. The number of carbonyl (C=O) groups excluding carboxylic acids is 1. The Morgan fingerprint density at radius 3 is 2.91 bits per heavy atom. The monoisotopic (exact) mass is 300 g/mol. The predicted octanol–water partition coefficient (Wildman–Crippen LogP) is 3.31. The Kier molecular flexibility index (Phi) is 5.14. The van der Waals surface area contributed by atoms with Crippen LogP contribution in [0.4, 0.5) is 5.69 Å². The van der Waals surface area contributed by atoms with Gasteiger partial charge < -0.3 is 10.2 Å². The Labute approximate surface area is 134 Å². The van der Waals surface area contributed by atoms with Gasteiger partial charge in [-0.05, 0) is 68.3 Å². The van der Waals surface area contributed by atoms with E-state index >= 15 is 0 Å². The van der Waals surface area contributed by atoms with Crippen molar-refractivity contribution in [1.29, 1.82) is 0 Å². The molecule has 0 radical (unpaired) electrons. The fraction of sp³-hybridized carbons (Fsp3) is 0.632. The summed E-state index contributed by atoms with van der Waals surface area (Å²) in [6, 6.07) is 6.78. The second-order valence-electron chi connectivity index (χ2n) is 6.76. The van der Waals surface area contributed by atoms with Gasteiger partial charge in [0.2, 0.25) is 5.91 Å². The Hall–Kier alpha value is -1.35. The van der Waals surface area contributed by atoms with E-state index < -0.39 is 0 Å². The molecule has 0 aromatic heterocycles. The van der Waals surface area contributed by atoms with Gasteiger partial charge in [0.05, 0.1) is 0 Å². The van der Waals surface area contributed by atoms with Crippen LogP contribution in [0.25, 0.3) is 0 Å². The summed E-state index contributed by atoms with van der Waals surface area (Å²) >= 11 is 0. The number of carbonyl (C=O) groups is 1. The van der Waals surface area contributed by atoms with Gasteiger partial charge in [-0.3, -0.25) is 4.79 Å². The zero-order valence-electron chi connectivity index (χ0n) is 13.7. The van der Waals surface area contributed by atoms with Crippen LogP contribution in [0.3, 0.4) is 0 Å². The minimum absolute atomic E-state index is 0.298. The number of benzene rings is 1. The van der Waals surface area contributed by atoms with E-state index in [9.17, 15) is 4.79 Å². The lowest BCUT2D eigenvalue weighted by Crippen LogP contribution is -2.29. The Balaban J connectivity index is 1.65. The number of fused-ring (bicyclic) bond motifs is 1. The predicted molar refractivity (Wildman–Crippen MR) is 91.3 cm³/mol. The van der Waals surface area contributed by atoms with E-state index in [-0.39, 0.29) is 0 Å². The van der Waals surface area contributed by atoms with Crippen molar-refractivity contribution in [2.45, 2.75) is 51.9 Å². The second kappa shape index (κ2) is 7.28. The number of unbranched alkanes of at least 4 members (excludes halogenated alkanes) is 1. The van der Waals surface area contributed by atoms with Crippen LogP contribution in [0, 0.1) is 5.92 Å². The second-order valence-corrected chi connectivity index (χ2v) is 6.76. The molecule has 2 aliphatic heterocycles. The molecule has 0 spiro atoms. The molecule has 1 amide bonds. The number of amides is 1. The SMILES string of the molecule is CCCCC(=O)N1CCc2cc(CC3CCNCC3)ccc21. The molecule has 1 aromatic carbocycles.